The first-order chi connectivity index (χ1) is 12.4. The molecule has 1 fully saturated rings. The van der Waals surface area contributed by atoms with Crippen LogP contribution in [0.1, 0.15) is 36.0 Å². The van der Waals surface area contributed by atoms with Crippen LogP contribution >= 0.6 is 0 Å². The summed E-state index contributed by atoms with van der Waals surface area (Å²) >= 11 is 0. The average Bonchev–Trinajstić information content (AvgIpc) is 3.41. The minimum Gasteiger partial charge on any atom is -0.493 e. The van der Waals surface area contributed by atoms with Crippen LogP contribution in [0.2, 0.25) is 0 Å². The molecular formula is C21H23F2NO2. The van der Waals surface area contributed by atoms with Crippen LogP contribution in [0.5, 0.6) is 5.75 Å². The van der Waals surface area contributed by atoms with Gasteiger partial charge in [0.15, 0.2) is 0 Å². The van der Waals surface area contributed by atoms with Crippen LogP contribution < -0.4 is 4.74 Å². The second-order valence-electron chi connectivity index (χ2n) is 6.86. The van der Waals surface area contributed by atoms with E-state index in [4.69, 9.17) is 4.74 Å². The Morgan fingerprint density at radius 2 is 1.92 bits per heavy atom. The maximum Gasteiger partial charge on any atom is 0.226 e. The van der Waals surface area contributed by atoms with Gasteiger partial charge in [-0.25, -0.2) is 8.78 Å². The van der Waals surface area contributed by atoms with Gasteiger partial charge in [0.05, 0.1) is 13.0 Å². The molecule has 0 unspecified atom stereocenters. The van der Waals surface area contributed by atoms with Gasteiger partial charge in [0.1, 0.15) is 17.4 Å². The van der Waals surface area contributed by atoms with E-state index >= 15 is 0 Å². The van der Waals surface area contributed by atoms with Gasteiger partial charge in [-0.1, -0.05) is 23.8 Å². The SMILES string of the molecule is Cc1ccc(OCCC(=O)N(Cc2ccc(F)cc2F)C2CC2)c(C)c1. The van der Waals surface area contributed by atoms with Crippen molar-refractivity contribution >= 4 is 5.91 Å². The molecule has 138 valence electrons. The lowest BCUT2D eigenvalue weighted by atomic mass is 10.1. The van der Waals surface area contributed by atoms with Crippen LogP contribution in [0.25, 0.3) is 0 Å². The number of benzene rings is 2. The van der Waals surface area contributed by atoms with E-state index in [1.807, 2.05) is 32.0 Å². The zero-order valence-electron chi connectivity index (χ0n) is 15.1. The maximum absolute atomic E-state index is 13.9. The number of hydrogen-bond donors (Lipinski definition) is 0. The van der Waals surface area contributed by atoms with Crippen molar-refractivity contribution in [3.63, 3.8) is 0 Å². The Labute approximate surface area is 152 Å². The lowest BCUT2D eigenvalue weighted by Crippen LogP contribution is -2.33. The molecule has 0 radical (unpaired) electrons. The molecule has 0 bridgehead atoms. The molecule has 5 heteroatoms. The average molecular weight is 359 g/mol. The van der Waals surface area contributed by atoms with E-state index in [1.165, 1.54) is 12.1 Å². The molecule has 1 aliphatic carbocycles. The molecule has 2 aromatic rings. The number of nitrogens with zero attached hydrogens (tertiary/aromatic N) is 1. The van der Waals surface area contributed by atoms with Crippen molar-refractivity contribution in [3.8, 4) is 5.75 Å². The fourth-order valence-corrected chi connectivity index (χ4v) is 2.99. The number of ether oxygens (including phenoxy) is 1. The van der Waals surface area contributed by atoms with E-state index in [0.717, 1.165) is 35.8 Å². The first kappa shape index (κ1) is 18.4. The van der Waals surface area contributed by atoms with Crippen molar-refractivity contribution in [1.82, 2.24) is 4.90 Å². The van der Waals surface area contributed by atoms with Crippen molar-refractivity contribution in [3.05, 3.63) is 64.7 Å². The van der Waals surface area contributed by atoms with Gasteiger partial charge in [0, 0.05) is 24.2 Å². The number of carbonyl (C=O) groups is 1. The third-order valence-corrected chi connectivity index (χ3v) is 4.57. The molecule has 0 N–H and O–H groups in total. The minimum atomic E-state index is -0.616. The van der Waals surface area contributed by atoms with Gasteiger partial charge >= 0.3 is 0 Å². The van der Waals surface area contributed by atoms with Crippen LogP contribution in [0.4, 0.5) is 8.78 Å². The lowest BCUT2D eigenvalue weighted by Gasteiger charge is -2.23. The highest BCUT2D eigenvalue weighted by Crippen LogP contribution is 2.29. The van der Waals surface area contributed by atoms with Crippen LogP contribution in [0, 0.1) is 25.5 Å². The molecule has 3 rings (SSSR count). The van der Waals surface area contributed by atoms with Gasteiger partial charge in [-0.05, 0) is 44.4 Å². The standard InChI is InChI=1S/C21H23F2NO2/c1-14-3-8-20(15(2)11-14)26-10-9-21(25)24(18-6-7-18)13-16-4-5-17(22)12-19(16)23/h3-5,8,11-12,18H,6-7,9-10,13H2,1-2H3. The quantitative estimate of drug-likeness (QED) is 0.726. The Morgan fingerprint density at radius 3 is 2.58 bits per heavy atom. The highest BCUT2D eigenvalue weighted by molar-refractivity contribution is 5.77. The van der Waals surface area contributed by atoms with Crippen LogP contribution in [-0.4, -0.2) is 23.5 Å². The van der Waals surface area contributed by atoms with Gasteiger partial charge in [-0.2, -0.15) is 0 Å². The monoisotopic (exact) mass is 359 g/mol. The number of aryl methyl sites for hydroxylation is 2. The summed E-state index contributed by atoms with van der Waals surface area (Å²) in [6.45, 7) is 4.43. The van der Waals surface area contributed by atoms with E-state index in [0.29, 0.717) is 5.56 Å². The third kappa shape index (κ3) is 4.59. The Kier molecular flexibility index (Phi) is 5.55. The van der Waals surface area contributed by atoms with Crippen LogP contribution in [0.3, 0.4) is 0 Å². The smallest absolute Gasteiger partial charge is 0.226 e. The van der Waals surface area contributed by atoms with Crippen LogP contribution in [0.15, 0.2) is 36.4 Å². The Balaban J connectivity index is 1.58. The molecule has 1 aliphatic rings. The zero-order chi connectivity index (χ0) is 18.7. The molecule has 0 aliphatic heterocycles. The van der Waals surface area contributed by atoms with Crippen LogP contribution in [-0.2, 0) is 11.3 Å². The number of carbonyl (C=O) groups excluding carboxylic acids is 1. The van der Waals surface area contributed by atoms with Crippen molar-refractivity contribution in [2.45, 2.75) is 45.7 Å². The summed E-state index contributed by atoms with van der Waals surface area (Å²) in [6, 6.07) is 9.53. The second kappa shape index (κ2) is 7.85. The maximum atomic E-state index is 13.9. The molecule has 0 aromatic heterocycles. The van der Waals surface area contributed by atoms with Crippen molar-refractivity contribution < 1.29 is 18.3 Å². The highest BCUT2D eigenvalue weighted by Gasteiger charge is 2.32. The second-order valence-corrected chi connectivity index (χ2v) is 6.86. The molecule has 1 amide bonds. The molecule has 3 nitrogen and oxygen atoms in total. The van der Waals surface area contributed by atoms with E-state index in [1.54, 1.807) is 4.90 Å². The summed E-state index contributed by atoms with van der Waals surface area (Å²) in [7, 11) is 0. The predicted octanol–water partition coefficient (Wildman–Crippen LogP) is 4.54. The Morgan fingerprint density at radius 1 is 1.15 bits per heavy atom. The van der Waals surface area contributed by atoms with Gasteiger partial charge < -0.3 is 9.64 Å². The number of amides is 1. The topological polar surface area (TPSA) is 29.5 Å². The number of rotatable bonds is 7. The molecule has 26 heavy (non-hydrogen) atoms. The fraction of sp³-hybridized carbons (Fsp3) is 0.381. The molecule has 0 heterocycles. The van der Waals surface area contributed by atoms with Gasteiger partial charge in [-0.3, -0.25) is 4.79 Å². The van der Waals surface area contributed by atoms with E-state index in [-0.39, 0.29) is 31.5 Å². The first-order valence-corrected chi connectivity index (χ1v) is 8.87. The molecule has 1 saturated carbocycles. The summed E-state index contributed by atoms with van der Waals surface area (Å²) in [4.78, 5) is 14.3. The molecule has 0 spiro atoms. The summed E-state index contributed by atoms with van der Waals surface area (Å²) in [6.07, 6.45) is 2.07. The molecular weight excluding hydrogens is 336 g/mol. The van der Waals surface area contributed by atoms with E-state index in [2.05, 4.69) is 0 Å². The van der Waals surface area contributed by atoms with Crippen molar-refractivity contribution in [2.24, 2.45) is 0 Å². The van der Waals surface area contributed by atoms with Gasteiger partial charge in [0.2, 0.25) is 5.91 Å². The third-order valence-electron chi connectivity index (χ3n) is 4.57. The molecule has 0 atom stereocenters. The summed E-state index contributed by atoms with van der Waals surface area (Å²) in [5, 5.41) is 0. The normalized spacial score (nSPS) is 13.5. The summed E-state index contributed by atoms with van der Waals surface area (Å²) in [5.74, 6) is -0.528. The van der Waals surface area contributed by atoms with Crippen molar-refractivity contribution in [2.75, 3.05) is 6.61 Å². The minimum absolute atomic E-state index is 0.0685. The molecule has 2 aromatic carbocycles. The largest absolute Gasteiger partial charge is 0.493 e. The molecule has 0 saturated heterocycles. The van der Waals surface area contributed by atoms with E-state index in [9.17, 15) is 13.6 Å². The van der Waals surface area contributed by atoms with Crippen molar-refractivity contribution in [1.29, 1.82) is 0 Å². The number of halogens is 2. The number of hydrogen-bond acceptors (Lipinski definition) is 2. The summed E-state index contributed by atoms with van der Waals surface area (Å²) in [5.41, 5.74) is 2.53. The highest BCUT2D eigenvalue weighted by atomic mass is 19.1. The van der Waals surface area contributed by atoms with E-state index < -0.39 is 11.6 Å². The fourth-order valence-electron chi connectivity index (χ4n) is 2.99. The Hall–Kier alpha value is -2.43. The first-order valence-electron chi connectivity index (χ1n) is 8.87. The summed E-state index contributed by atoms with van der Waals surface area (Å²) < 4.78 is 32.7. The lowest BCUT2D eigenvalue weighted by molar-refractivity contribution is -0.133. The van der Waals surface area contributed by atoms with Gasteiger partial charge in [-0.15, -0.1) is 0 Å². The Bertz CT molecular complexity index is 803. The van der Waals surface area contributed by atoms with Gasteiger partial charge in [0.25, 0.3) is 0 Å². The predicted molar refractivity (Wildman–Crippen MR) is 96.0 cm³/mol. The zero-order valence-corrected chi connectivity index (χ0v) is 15.1.